The monoisotopic (exact) mass is 330 g/mol. The van der Waals surface area contributed by atoms with Crippen LogP contribution in [0.4, 0.5) is 0 Å². The smallest absolute Gasteiger partial charge is 0.337 e. The minimum atomic E-state index is -0.465. The highest BCUT2D eigenvalue weighted by Crippen LogP contribution is 2.18. The van der Waals surface area contributed by atoms with E-state index in [4.69, 9.17) is 0 Å². The van der Waals surface area contributed by atoms with E-state index in [0.717, 1.165) is 9.44 Å². The third-order valence-corrected chi connectivity index (χ3v) is 4.45. The Labute approximate surface area is 135 Å². The van der Waals surface area contributed by atoms with Gasteiger partial charge in [0.1, 0.15) is 4.83 Å². The number of nitrogens with zero attached hydrogens (tertiary/aromatic N) is 1. The van der Waals surface area contributed by atoms with Crippen molar-refractivity contribution in [2.24, 2.45) is 0 Å². The van der Waals surface area contributed by atoms with E-state index in [1.165, 1.54) is 18.4 Å². The summed E-state index contributed by atoms with van der Waals surface area (Å²) >= 11 is 1.37. The molecule has 0 atom stereocenters. The van der Waals surface area contributed by atoms with Crippen LogP contribution in [0.3, 0.4) is 0 Å². The molecule has 1 aromatic carbocycles. The average Bonchev–Trinajstić information content (AvgIpc) is 2.91. The summed E-state index contributed by atoms with van der Waals surface area (Å²) in [5.41, 5.74) is 0.248. The molecule has 6 nitrogen and oxygen atoms in total. The first-order valence-electron chi connectivity index (χ1n) is 6.90. The number of H-pyrrole nitrogens is 1. The number of benzene rings is 1. The van der Waals surface area contributed by atoms with Gasteiger partial charge in [0.25, 0.3) is 5.56 Å². The zero-order valence-electron chi connectivity index (χ0n) is 12.6. The van der Waals surface area contributed by atoms with E-state index in [9.17, 15) is 14.4 Å². The van der Waals surface area contributed by atoms with E-state index >= 15 is 0 Å². The summed E-state index contributed by atoms with van der Waals surface area (Å²) in [6, 6.07) is 8.43. The molecule has 3 aromatic rings. The summed E-state index contributed by atoms with van der Waals surface area (Å²) in [4.78, 5) is 40.5. The zero-order chi connectivity index (χ0) is 16.6. The number of carbonyl (C=O) groups excluding carboxylic acids is 1. The Bertz CT molecular complexity index is 1010. The highest BCUT2D eigenvalue weighted by molar-refractivity contribution is 7.18. The summed E-state index contributed by atoms with van der Waals surface area (Å²) in [7, 11) is 1.30. The first-order valence-corrected chi connectivity index (χ1v) is 7.72. The Morgan fingerprint density at radius 2 is 2.09 bits per heavy atom. The molecule has 2 aromatic heterocycles. The molecule has 0 aliphatic carbocycles. The van der Waals surface area contributed by atoms with Gasteiger partial charge in [-0.05, 0) is 30.7 Å². The van der Waals surface area contributed by atoms with E-state index in [1.54, 1.807) is 30.3 Å². The molecule has 0 unspecified atom stereocenters. The van der Waals surface area contributed by atoms with Crippen LogP contribution in [0.2, 0.25) is 0 Å². The number of methoxy groups -OCH3 is 1. The highest BCUT2D eigenvalue weighted by atomic mass is 32.1. The molecule has 0 amide bonds. The second kappa shape index (κ2) is 5.85. The zero-order valence-corrected chi connectivity index (χ0v) is 13.4. The van der Waals surface area contributed by atoms with E-state index in [0.29, 0.717) is 21.3 Å². The lowest BCUT2D eigenvalue weighted by Gasteiger charge is -2.06. The fraction of sp³-hybridized carbons (Fsp3) is 0.188. The Morgan fingerprint density at radius 1 is 1.30 bits per heavy atom. The Balaban J connectivity index is 2.07. The molecule has 2 heterocycles. The maximum atomic E-state index is 12.5. The lowest BCUT2D eigenvalue weighted by molar-refractivity contribution is 0.0600. The Kier molecular flexibility index (Phi) is 3.87. The SMILES string of the molecule is COC(=O)c1cccc(Cn2c(=O)[nH]c3sc(C)cc3c2=O)c1. The number of aryl methyl sites for hydroxylation is 1. The van der Waals surface area contributed by atoms with Gasteiger partial charge in [0.15, 0.2) is 0 Å². The van der Waals surface area contributed by atoms with Crippen molar-refractivity contribution in [3.05, 3.63) is 67.2 Å². The van der Waals surface area contributed by atoms with Gasteiger partial charge < -0.3 is 4.74 Å². The van der Waals surface area contributed by atoms with Crippen molar-refractivity contribution in [3.63, 3.8) is 0 Å². The van der Waals surface area contributed by atoms with Gasteiger partial charge in [-0.15, -0.1) is 11.3 Å². The first-order chi connectivity index (χ1) is 11.0. The van der Waals surface area contributed by atoms with Crippen LogP contribution in [0.5, 0.6) is 0 Å². The number of thiophene rings is 1. The van der Waals surface area contributed by atoms with Gasteiger partial charge in [-0.1, -0.05) is 12.1 Å². The number of fused-ring (bicyclic) bond motifs is 1. The molecule has 0 radical (unpaired) electrons. The molecule has 0 saturated heterocycles. The molecule has 0 spiro atoms. The fourth-order valence-electron chi connectivity index (χ4n) is 2.41. The van der Waals surface area contributed by atoms with Crippen LogP contribution in [-0.4, -0.2) is 22.6 Å². The van der Waals surface area contributed by atoms with Crippen LogP contribution in [0.1, 0.15) is 20.8 Å². The van der Waals surface area contributed by atoms with E-state index < -0.39 is 11.7 Å². The number of carbonyl (C=O) groups is 1. The average molecular weight is 330 g/mol. The van der Waals surface area contributed by atoms with Gasteiger partial charge in [-0.2, -0.15) is 0 Å². The second-order valence-corrected chi connectivity index (χ2v) is 6.37. The maximum absolute atomic E-state index is 12.5. The van der Waals surface area contributed by atoms with Crippen molar-refractivity contribution in [2.45, 2.75) is 13.5 Å². The van der Waals surface area contributed by atoms with Crippen LogP contribution in [0.25, 0.3) is 10.2 Å². The Morgan fingerprint density at radius 3 is 2.83 bits per heavy atom. The third kappa shape index (κ3) is 2.83. The summed E-state index contributed by atoms with van der Waals surface area (Å²) < 4.78 is 5.81. The summed E-state index contributed by atoms with van der Waals surface area (Å²) in [5, 5.41) is 0.497. The predicted molar refractivity (Wildman–Crippen MR) is 88.3 cm³/mol. The van der Waals surface area contributed by atoms with Crippen molar-refractivity contribution in [2.75, 3.05) is 7.11 Å². The number of aromatic nitrogens is 2. The van der Waals surface area contributed by atoms with Crippen molar-refractivity contribution < 1.29 is 9.53 Å². The molecule has 23 heavy (non-hydrogen) atoms. The van der Waals surface area contributed by atoms with Gasteiger partial charge in [0.05, 0.1) is 24.6 Å². The summed E-state index contributed by atoms with van der Waals surface area (Å²) in [6.07, 6.45) is 0. The predicted octanol–water partition coefficient (Wildman–Crippen LogP) is 1.89. The van der Waals surface area contributed by atoms with Crippen molar-refractivity contribution in [1.82, 2.24) is 9.55 Å². The molecule has 7 heteroatoms. The molecule has 0 bridgehead atoms. The minimum absolute atomic E-state index is 0.0871. The maximum Gasteiger partial charge on any atom is 0.337 e. The number of nitrogens with one attached hydrogen (secondary N) is 1. The molecular formula is C16H14N2O4S. The fourth-order valence-corrected chi connectivity index (χ4v) is 3.30. The Hall–Kier alpha value is -2.67. The van der Waals surface area contributed by atoms with E-state index in [2.05, 4.69) is 9.72 Å². The van der Waals surface area contributed by atoms with Crippen LogP contribution >= 0.6 is 11.3 Å². The van der Waals surface area contributed by atoms with Gasteiger partial charge in [-0.3, -0.25) is 14.3 Å². The van der Waals surface area contributed by atoms with Crippen LogP contribution in [-0.2, 0) is 11.3 Å². The number of esters is 1. The van der Waals surface area contributed by atoms with Crippen LogP contribution < -0.4 is 11.2 Å². The number of ether oxygens (including phenoxy) is 1. The first kappa shape index (κ1) is 15.2. The molecule has 1 N–H and O–H groups in total. The van der Waals surface area contributed by atoms with Crippen molar-refractivity contribution in [3.8, 4) is 0 Å². The number of rotatable bonds is 3. The van der Waals surface area contributed by atoms with Crippen LogP contribution in [0.15, 0.2) is 39.9 Å². The normalized spacial score (nSPS) is 10.9. The standard InChI is InChI=1S/C16H14N2O4S/c1-9-6-12-13(23-9)17-16(21)18(14(12)19)8-10-4-3-5-11(7-10)15(20)22-2/h3-7H,8H2,1-2H3,(H,17,21). The number of hydrogen-bond acceptors (Lipinski definition) is 5. The number of aromatic amines is 1. The molecular weight excluding hydrogens is 316 g/mol. The van der Waals surface area contributed by atoms with E-state index in [1.807, 2.05) is 6.92 Å². The number of hydrogen-bond donors (Lipinski definition) is 1. The quantitative estimate of drug-likeness (QED) is 0.744. The van der Waals surface area contributed by atoms with E-state index in [-0.39, 0.29) is 12.1 Å². The van der Waals surface area contributed by atoms with Crippen molar-refractivity contribution in [1.29, 1.82) is 0 Å². The molecule has 0 saturated carbocycles. The minimum Gasteiger partial charge on any atom is -0.465 e. The topological polar surface area (TPSA) is 81.2 Å². The molecule has 0 aliphatic heterocycles. The highest BCUT2D eigenvalue weighted by Gasteiger charge is 2.12. The molecule has 118 valence electrons. The van der Waals surface area contributed by atoms with Gasteiger partial charge in [0.2, 0.25) is 0 Å². The molecule has 0 aliphatic rings. The largest absolute Gasteiger partial charge is 0.465 e. The van der Waals surface area contributed by atoms with Gasteiger partial charge >= 0.3 is 11.7 Å². The summed E-state index contributed by atoms with van der Waals surface area (Å²) in [5.74, 6) is -0.461. The van der Waals surface area contributed by atoms with Crippen LogP contribution in [0, 0.1) is 6.92 Å². The van der Waals surface area contributed by atoms with Gasteiger partial charge in [0, 0.05) is 4.88 Å². The second-order valence-electron chi connectivity index (χ2n) is 5.11. The van der Waals surface area contributed by atoms with Crippen molar-refractivity contribution >= 4 is 27.5 Å². The summed E-state index contributed by atoms with van der Waals surface area (Å²) in [6.45, 7) is 1.97. The lowest BCUT2D eigenvalue weighted by atomic mass is 10.1. The van der Waals surface area contributed by atoms with Gasteiger partial charge in [-0.25, -0.2) is 9.59 Å². The molecule has 0 fully saturated rings. The lowest BCUT2D eigenvalue weighted by Crippen LogP contribution is -2.34. The third-order valence-electron chi connectivity index (χ3n) is 3.49. The molecule has 3 rings (SSSR count).